The quantitative estimate of drug-likeness (QED) is 0.444. The molecule has 4 aromatic rings. The number of rotatable bonds is 8. The van der Waals surface area contributed by atoms with Gasteiger partial charge in [0.1, 0.15) is 11.0 Å². The smallest absolute Gasteiger partial charge is 0.199 e. The summed E-state index contributed by atoms with van der Waals surface area (Å²) in [5.41, 5.74) is 9.70. The summed E-state index contributed by atoms with van der Waals surface area (Å²) in [6, 6.07) is 9.95. The van der Waals surface area contributed by atoms with Crippen LogP contribution < -0.4 is 10.5 Å². The summed E-state index contributed by atoms with van der Waals surface area (Å²) in [4.78, 5) is 11.7. The van der Waals surface area contributed by atoms with Gasteiger partial charge in [0, 0.05) is 18.7 Å². The van der Waals surface area contributed by atoms with Crippen molar-refractivity contribution in [1.29, 1.82) is 0 Å². The van der Waals surface area contributed by atoms with E-state index in [1.54, 1.807) is 6.20 Å². The molecule has 0 radical (unpaired) electrons. The van der Waals surface area contributed by atoms with Crippen molar-refractivity contribution < 1.29 is 9.37 Å². The largest absolute Gasteiger partial charge is 0.490 e. The molecule has 0 bridgehead atoms. The molecule has 0 unspecified atom stereocenters. The van der Waals surface area contributed by atoms with Crippen LogP contribution in [0, 0.1) is 0 Å². The Morgan fingerprint density at radius 3 is 2.60 bits per heavy atom. The third-order valence-corrected chi connectivity index (χ3v) is 4.83. The van der Waals surface area contributed by atoms with E-state index in [1.165, 1.54) is 0 Å². The van der Waals surface area contributed by atoms with Crippen molar-refractivity contribution in [3.8, 4) is 28.5 Å². The van der Waals surface area contributed by atoms with Crippen molar-refractivity contribution in [2.75, 3.05) is 33.0 Å². The van der Waals surface area contributed by atoms with E-state index >= 15 is 0 Å². The minimum absolute atomic E-state index is 0.197. The van der Waals surface area contributed by atoms with E-state index in [-0.39, 0.29) is 5.82 Å². The summed E-state index contributed by atoms with van der Waals surface area (Å²) in [5.74, 6) is 1.45. The van der Waals surface area contributed by atoms with Crippen LogP contribution >= 0.6 is 0 Å². The van der Waals surface area contributed by atoms with Crippen LogP contribution in [-0.4, -0.2) is 57.0 Å². The van der Waals surface area contributed by atoms with E-state index in [2.05, 4.69) is 20.2 Å². The fourth-order valence-corrected chi connectivity index (χ4v) is 3.43. The van der Waals surface area contributed by atoms with Crippen LogP contribution in [0.2, 0.25) is 0 Å². The third kappa shape index (κ3) is 3.71. The number of pyridine rings is 1. The molecule has 1 aromatic carbocycles. The van der Waals surface area contributed by atoms with E-state index in [9.17, 15) is 0 Å². The van der Waals surface area contributed by atoms with Gasteiger partial charge in [-0.05, 0) is 37.8 Å². The maximum absolute atomic E-state index is 6.12. The van der Waals surface area contributed by atoms with E-state index in [0.717, 1.165) is 35.3 Å². The lowest BCUT2D eigenvalue weighted by molar-refractivity contribution is 0.282. The Hall–Kier alpha value is -3.46. The Morgan fingerprint density at radius 1 is 1.13 bits per heavy atom. The molecule has 4 rings (SSSR count). The number of fused-ring (bicyclic) bond motifs is 1. The van der Waals surface area contributed by atoms with Gasteiger partial charge in [-0.2, -0.15) is 0 Å². The summed E-state index contributed by atoms with van der Waals surface area (Å²) < 4.78 is 13.0. The normalized spacial score (nSPS) is 11.5. The van der Waals surface area contributed by atoms with E-state index in [0.29, 0.717) is 30.4 Å². The third-order valence-electron chi connectivity index (χ3n) is 4.83. The molecular formula is C21H25N7O2. The number of hydrogen-bond donors (Lipinski definition) is 1. The molecular weight excluding hydrogens is 382 g/mol. The molecule has 0 aliphatic heterocycles. The Morgan fingerprint density at radius 2 is 1.93 bits per heavy atom. The first-order valence-corrected chi connectivity index (χ1v) is 9.90. The zero-order valence-corrected chi connectivity index (χ0v) is 17.4. The molecule has 0 aliphatic carbocycles. The summed E-state index contributed by atoms with van der Waals surface area (Å²) >= 11 is 0. The van der Waals surface area contributed by atoms with Crippen LogP contribution in [0.4, 0.5) is 5.82 Å². The predicted octanol–water partition coefficient (Wildman–Crippen LogP) is 3.08. The number of imidazole rings is 1. The monoisotopic (exact) mass is 407 g/mol. The zero-order chi connectivity index (χ0) is 21.1. The van der Waals surface area contributed by atoms with E-state index in [1.807, 2.05) is 55.9 Å². The molecule has 0 fully saturated rings. The van der Waals surface area contributed by atoms with E-state index < -0.39 is 0 Å². The molecule has 156 valence electrons. The number of nitrogen functional groups attached to an aromatic ring is 1. The fraction of sp³-hybridized carbons (Fsp3) is 0.333. The van der Waals surface area contributed by atoms with Crippen LogP contribution in [0.5, 0.6) is 5.75 Å². The number of aromatic nitrogens is 5. The van der Waals surface area contributed by atoms with Crippen LogP contribution in [0.15, 0.2) is 41.2 Å². The molecule has 0 atom stereocenters. The molecule has 0 saturated heterocycles. The van der Waals surface area contributed by atoms with Gasteiger partial charge in [-0.3, -0.25) is 0 Å². The molecule has 3 heterocycles. The molecule has 0 saturated carbocycles. The number of ether oxygens (including phenoxy) is 1. The number of aryl methyl sites for hydroxylation is 1. The van der Waals surface area contributed by atoms with Crippen molar-refractivity contribution in [3.63, 3.8) is 0 Å². The zero-order valence-electron chi connectivity index (χ0n) is 17.4. The van der Waals surface area contributed by atoms with Crippen molar-refractivity contribution in [1.82, 2.24) is 29.7 Å². The fourth-order valence-electron chi connectivity index (χ4n) is 3.43. The number of nitrogens with zero attached hydrogens (tertiary/aromatic N) is 6. The van der Waals surface area contributed by atoms with E-state index in [4.69, 9.17) is 20.1 Å². The number of anilines is 1. The second kappa shape index (κ2) is 8.50. The van der Waals surface area contributed by atoms with Crippen LogP contribution in [0.3, 0.4) is 0 Å². The highest BCUT2D eigenvalue weighted by Gasteiger charge is 2.23. The Bertz CT molecular complexity index is 1140. The molecule has 9 heteroatoms. The summed E-state index contributed by atoms with van der Waals surface area (Å²) in [6.07, 6.45) is 2.67. The van der Waals surface area contributed by atoms with Gasteiger partial charge in [0.25, 0.3) is 0 Å². The lowest BCUT2D eigenvalue weighted by atomic mass is 10.1. The highest BCUT2D eigenvalue weighted by molar-refractivity contribution is 5.95. The van der Waals surface area contributed by atoms with Crippen LogP contribution in [0.25, 0.3) is 33.8 Å². The number of nitrogens with two attached hydrogens (primary N) is 1. The Kier molecular flexibility index (Phi) is 5.62. The molecule has 30 heavy (non-hydrogen) atoms. The molecule has 9 nitrogen and oxygen atoms in total. The van der Waals surface area contributed by atoms with Crippen molar-refractivity contribution in [3.05, 3.63) is 36.5 Å². The maximum Gasteiger partial charge on any atom is 0.199 e. The summed E-state index contributed by atoms with van der Waals surface area (Å²) in [6.45, 7) is 4.20. The predicted molar refractivity (Wildman–Crippen MR) is 115 cm³/mol. The van der Waals surface area contributed by atoms with Gasteiger partial charge in [0.15, 0.2) is 23.1 Å². The standard InChI is InChI=1S/C21H25N7O2/c1-4-28-19-15(29-12-8-11-27(2)3)13-23-16(14-9-6-5-7-10-14)17(19)24-21(28)18-20(22)26-30-25-18/h5-7,9-10,13H,4,8,11-12H2,1-3H3,(H2,22,26). The first-order valence-electron chi connectivity index (χ1n) is 9.90. The topological polar surface area (TPSA) is 108 Å². The first-order chi connectivity index (χ1) is 14.6. The average molecular weight is 407 g/mol. The molecule has 3 aromatic heterocycles. The molecule has 2 N–H and O–H groups in total. The van der Waals surface area contributed by atoms with Gasteiger partial charge in [-0.25, -0.2) is 14.6 Å². The number of benzene rings is 1. The lowest BCUT2D eigenvalue weighted by Crippen LogP contribution is -2.15. The van der Waals surface area contributed by atoms with Crippen molar-refractivity contribution in [2.24, 2.45) is 0 Å². The summed E-state index contributed by atoms with van der Waals surface area (Å²) in [7, 11) is 4.09. The lowest BCUT2D eigenvalue weighted by Gasteiger charge is -2.13. The van der Waals surface area contributed by atoms with Crippen LogP contribution in [0.1, 0.15) is 13.3 Å². The van der Waals surface area contributed by atoms with Crippen LogP contribution in [-0.2, 0) is 6.54 Å². The van der Waals surface area contributed by atoms with Gasteiger partial charge in [-0.15, -0.1) is 0 Å². The SMILES string of the molecule is CCn1c(-c2nonc2N)nc2c(-c3ccccc3)ncc(OCCCN(C)C)c21. The van der Waals surface area contributed by atoms with Gasteiger partial charge in [0.2, 0.25) is 0 Å². The highest BCUT2D eigenvalue weighted by Crippen LogP contribution is 2.36. The van der Waals surface area contributed by atoms with Gasteiger partial charge in [0.05, 0.1) is 18.5 Å². The average Bonchev–Trinajstić information content (AvgIpc) is 3.34. The second-order valence-electron chi connectivity index (χ2n) is 7.22. The van der Waals surface area contributed by atoms with Crippen molar-refractivity contribution in [2.45, 2.75) is 19.9 Å². The van der Waals surface area contributed by atoms with Gasteiger partial charge in [-0.1, -0.05) is 30.3 Å². The Labute approximate surface area is 174 Å². The second-order valence-corrected chi connectivity index (χ2v) is 7.22. The molecule has 0 amide bonds. The minimum Gasteiger partial charge on any atom is -0.490 e. The maximum atomic E-state index is 6.12. The molecule has 0 aliphatic rings. The number of hydrogen-bond acceptors (Lipinski definition) is 8. The molecule has 0 spiro atoms. The van der Waals surface area contributed by atoms with Crippen molar-refractivity contribution >= 4 is 16.9 Å². The first kappa shape index (κ1) is 19.8. The minimum atomic E-state index is 0.197. The Balaban J connectivity index is 1.86. The van der Waals surface area contributed by atoms with Gasteiger partial charge < -0.3 is 19.9 Å². The van der Waals surface area contributed by atoms with Gasteiger partial charge >= 0.3 is 0 Å². The summed E-state index contributed by atoms with van der Waals surface area (Å²) in [5, 5.41) is 7.66. The highest BCUT2D eigenvalue weighted by atomic mass is 16.6.